The molecule has 0 spiro atoms. The normalized spacial score (nSPS) is 12.1. The molecule has 30 heavy (non-hydrogen) atoms. The predicted octanol–water partition coefficient (Wildman–Crippen LogP) is 5.12. The van der Waals surface area contributed by atoms with Crippen LogP contribution in [-0.2, 0) is 17.8 Å². The summed E-state index contributed by atoms with van der Waals surface area (Å²) < 4.78 is 2.22. The van der Waals surface area contributed by atoms with Crippen LogP contribution >= 0.6 is 0 Å². The van der Waals surface area contributed by atoms with Gasteiger partial charge in [0.05, 0.1) is 23.5 Å². The topological polar surface area (TPSA) is 46.9 Å². The Morgan fingerprint density at radius 3 is 2.20 bits per heavy atom. The fourth-order valence-corrected chi connectivity index (χ4v) is 3.89. The summed E-state index contributed by atoms with van der Waals surface area (Å²) >= 11 is 0. The SMILES string of the molecule is Cc1ccccc1CC(=O)NC(C)c1nc2ccccc2n1Cc1ccccc1C. The quantitative estimate of drug-likeness (QED) is 0.491. The van der Waals surface area contributed by atoms with Crippen LogP contribution in [-0.4, -0.2) is 15.5 Å². The van der Waals surface area contributed by atoms with Gasteiger partial charge in [-0.3, -0.25) is 4.79 Å². The first kappa shape index (κ1) is 19.9. The molecule has 0 bridgehead atoms. The number of hydrogen-bond acceptors (Lipinski definition) is 2. The summed E-state index contributed by atoms with van der Waals surface area (Å²) in [5, 5.41) is 3.15. The Hall–Kier alpha value is -3.40. The Labute approximate surface area is 177 Å². The van der Waals surface area contributed by atoms with Crippen molar-refractivity contribution in [2.24, 2.45) is 0 Å². The van der Waals surface area contributed by atoms with E-state index in [4.69, 9.17) is 4.98 Å². The molecule has 0 saturated heterocycles. The zero-order valence-corrected chi connectivity index (χ0v) is 17.7. The molecule has 1 aromatic heterocycles. The maximum absolute atomic E-state index is 12.7. The van der Waals surface area contributed by atoms with E-state index in [1.807, 2.05) is 56.3 Å². The van der Waals surface area contributed by atoms with Crippen LogP contribution in [0.4, 0.5) is 0 Å². The molecule has 4 aromatic rings. The van der Waals surface area contributed by atoms with Crippen molar-refractivity contribution in [1.82, 2.24) is 14.9 Å². The Morgan fingerprint density at radius 1 is 0.900 bits per heavy atom. The first-order chi connectivity index (χ1) is 14.5. The molecular formula is C26H27N3O. The van der Waals surface area contributed by atoms with Gasteiger partial charge in [-0.1, -0.05) is 60.7 Å². The highest BCUT2D eigenvalue weighted by molar-refractivity contribution is 5.80. The first-order valence-corrected chi connectivity index (χ1v) is 10.4. The van der Waals surface area contributed by atoms with Crippen LogP contribution in [0.25, 0.3) is 11.0 Å². The average molecular weight is 398 g/mol. The third kappa shape index (κ3) is 4.13. The molecule has 1 heterocycles. The van der Waals surface area contributed by atoms with E-state index in [-0.39, 0.29) is 11.9 Å². The summed E-state index contributed by atoms with van der Waals surface area (Å²) in [5.74, 6) is 0.879. The second kappa shape index (κ2) is 8.54. The van der Waals surface area contributed by atoms with E-state index >= 15 is 0 Å². The lowest BCUT2D eigenvalue weighted by Crippen LogP contribution is -2.30. The fourth-order valence-electron chi connectivity index (χ4n) is 3.89. The number of carbonyl (C=O) groups excluding carboxylic acids is 1. The van der Waals surface area contributed by atoms with Crippen LogP contribution < -0.4 is 5.32 Å². The van der Waals surface area contributed by atoms with Gasteiger partial charge >= 0.3 is 0 Å². The Morgan fingerprint density at radius 2 is 1.50 bits per heavy atom. The molecule has 0 aliphatic carbocycles. The van der Waals surface area contributed by atoms with Crippen molar-refractivity contribution >= 4 is 16.9 Å². The minimum atomic E-state index is -0.196. The molecule has 1 atom stereocenters. The van der Waals surface area contributed by atoms with E-state index in [9.17, 15) is 4.79 Å². The summed E-state index contributed by atoms with van der Waals surface area (Å²) in [6, 6.07) is 24.3. The number of imidazole rings is 1. The van der Waals surface area contributed by atoms with Crippen molar-refractivity contribution in [2.75, 3.05) is 0 Å². The predicted molar refractivity (Wildman–Crippen MR) is 121 cm³/mol. The van der Waals surface area contributed by atoms with E-state index in [1.54, 1.807) is 0 Å². The molecule has 0 aliphatic heterocycles. The number of nitrogens with zero attached hydrogens (tertiary/aromatic N) is 2. The number of carbonyl (C=O) groups is 1. The summed E-state index contributed by atoms with van der Waals surface area (Å²) in [5.41, 5.74) is 6.71. The second-order valence-corrected chi connectivity index (χ2v) is 7.86. The lowest BCUT2D eigenvalue weighted by atomic mass is 10.1. The maximum atomic E-state index is 12.7. The number of aryl methyl sites for hydroxylation is 2. The number of para-hydroxylation sites is 2. The monoisotopic (exact) mass is 397 g/mol. The van der Waals surface area contributed by atoms with Crippen molar-refractivity contribution < 1.29 is 4.79 Å². The lowest BCUT2D eigenvalue weighted by molar-refractivity contribution is -0.121. The van der Waals surface area contributed by atoms with E-state index in [0.717, 1.165) is 34.5 Å². The standard InChI is InChI=1S/C26H27N3O/c1-18-10-4-6-12-21(18)16-25(30)27-20(3)26-28-23-14-8-9-15-24(23)29(26)17-22-13-7-5-11-19(22)2/h4-15,20H,16-17H2,1-3H3,(H,27,30). The van der Waals surface area contributed by atoms with Gasteiger partial charge in [0.25, 0.3) is 0 Å². The van der Waals surface area contributed by atoms with Crippen LogP contribution in [0.3, 0.4) is 0 Å². The molecular weight excluding hydrogens is 370 g/mol. The van der Waals surface area contributed by atoms with Gasteiger partial charge in [-0.15, -0.1) is 0 Å². The van der Waals surface area contributed by atoms with E-state index in [2.05, 4.69) is 47.1 Å². The molecule has 4 heteroatoms. The summed E-state index contributed by atoms with van der Waals surface area (Å²) in [7, 11) is 0. The van der Waals surface area contributed by atoms with Crippen LogP contribution in [0.1, 0.15) is 41.0 Å². The third-order valence-corrected chi connectivity index (χ3v) is 5.65. The van der Waals surface area contributed by atoms with Crippen molar-refractivity contribution in [3.63, 3.8) is 0 Å². The van der Waals surface area contributed by atoms with Crippen molar-refractivity contribution in [1.29, 1.82) is 0 Å². The van der Waals surface area contributed by atoms with Gasteiger partial charge in [-0.2, -0.15) is 0 Å². The Bertz CT molecular complexity index is 1190. The number of amides is 1. The largest absolute Gasteiger partial charge is 0.346 e. The van der Waals surface area contributed by atoms with Gasteiger partial charge in [-0.05, 0) is 55.2 Å². The van der Waals surface area contributed by atoms with Gasteiger partial charge in [0, 0.05) is 6.54 Å². The van der Waals surface area contributed by atoms with E-state index in [0.29, 0.717) is 6.42 Å². The number of nitrogens with one attached hydrogen (secondary N) is 1. The van der Waals surface area contributed by atoms with Crippen molar-refractivity contribution in [3.05, 3.63) is 101 Å². The maximum Gasteiger partial charge on any atom is 0.225 e. The minimum Gasteiger partial charge on any atom is -0.346 e. The molecule has 1 N–H and O–H groups in total. The van der Waals surface area contributed by atoms with Crippen LogP contribution in [0.15, 0.2) is 72.8 Å². The molecule has 0 fully saturated rings. The van der Waals surface area contributed by atoms with Crippen LogP contribution in [0.2, 0.25) is 0 Å². The number of hydrogen-bond donors (Lipinski definition) is 1. The van der Waals surface area contributed by atoms with Gasteiger partial charge in [-0.25, -0.2) is 4.98 Å². The van der Waals surface area contributed by atoms with Gasteiger partial charge in [0.1, 0.15) is 5.82 Å². The fraction of sp³-hybridized carbons (Fsp3) is 0.231. The molecule has 1 amide bonds. The van der Waals surface area contributed by atoms with E-state index < -0.39 is 0 Å². The highest BCUT2D eigenvalue weighted by atomic mass is 16.1. The van der Waals surface area contributed by atoms with Gasteiger partial charge in [0.2, 0.25) is 5.91 Å². The molecule has 0 saturated carbocycles. The number of benzene rings is 3. The lowest BCUT2D eigenvalue weighted by Gasteiger charge is -2.17. The molecule has 4 rings (SSSR count). The molecule has 152 valence electrons. The van der Waals surface area contributed by atoms with Gasteiger partial charge < -0.3 is 9.88 Å². The number of aromatic nitrogens is 2. The summed E-state index contributed by atoms with van der Waals surface area (Å²) in [6.45, 7) is 6.89. The zero-order valence-electron chi connectivity index (χ0n) is 17.7. The third-order valence-electron chi connectivity index (χ3n) is 5.65. The minimum absolute atomic E-state index is 0.00583. The van der Waals surface area contributed by atoms with Gasteiger partial charge in [0.15, 0.2) is 0 Å². The second-order valence-electron chi connectivity index (χ2n) is 7.86. The summed E-state index contributed by atoms with van der Waals surface area (Å²) in [6.07, 6.45) is 0.370. The highest BCUT2D eigenvalue weighted by Gasteiger charge is 2.19. The smallest absolute Gasteiger partial charge is 0.225 e. The van der Waals surface area contributed by atoms with Crippen molar-refractivity contribution in [2.45, 2.75) is 39.8 Å². The first-order valence-electron chi connectivity index (χ1n) is 10.4. The average Bonchev–Trinajstić information content (AvgIpc) is 3.10. The van der Waals surface area contributed by atoms with Crippen LogP contribution in [0, 0.1) is 13.8 Å². The highest BCUT2D eigenvalue weighted by Crippen LogP contribution is 2.23. The zero-order chi connectivity index (χ0) is 21.1. The Kier molecular flexibility index (Phi) is 5.66. The number of fused-ring (bicyclic) bond motifs is 1. The molecule has 4 nitrogen and oxygen atoms in total. The van der Waals surface area contributed by atoms with Crippen LogP contribution in [0.5, 0.6) is 0 Å². The number of rotatable bonds is 6. The molecule has 0 radical (unpaired) electrons. The van der Waals surface area contributed by atoms with Crippen molar-refractivity contribution in [3.8, 4) is 0 Å². The Balaban J connectivity index is 1.62. The molecule has 1 unspecified atom stereocenters. The molecule has 0 aliphatic rings. The summed E-state index contributed by atoms with van der Waals surface area (Å²) in [4.78, 5) is 17.6. The van der Waals surface area contributed by atoms with E-state index in [1.165, 1.54) is 11.1 Å². The molecule has 3 aromatic carbocycles.